The Bertz CT molecular complexity index is 1340. The lowest BCUT2D eigenvalue weighted by Gasteiger charge is -2.27. The van der Waals surface area contributed by atoms with Gasteiger partial charge in [0.25, 0.3) is 0 Å². The first kappa shape index (κ1) is 24.1. The third kappa shape index (κ3) is 4.37. The molecule has 188 valence electrons. The van der Waals surface area contributed by atoms with Gasteiger partial charge in [-0.25, -0.2) is 4.98 Å². The van der Waals surface area contributed by atoms with Crippen molar-refractivity contribution in [3.05, 3.63) is 64.3 Å². The average molecular weight is 488 g/mol. The Balaban J connectivity index is 1.52. The van der Waals surface area contributed by atoms with Crippen LogP contribution in [0, 0.1) is 13.8 Å². The van der Waals surface area contributed by atoms with Gasteiger partial charge in [-0.1, -0.05) is 19.1 Å². The summed E-state index contributed by atoms with van der Waals surface area (Å²) in [6.45, 7) is 8.50. The van der Waals surface area contributed by atoms with Crippen molar-refractivity contribution in [1.29, 1.82) is 0 Å². The van der Waals surface area contributed by atoms with E-state index in [0.717, 1.165) is 59.1 Å². The summed E-state index contributed by atoms with van der Waals surface area (Å²) in [5, 5.41) is 13.0. The quantitative estimate of drug-likeness (QED) is 0.516. The maximum absolute atomic E-state index is 11.7. The molecule has 1 aromatic heterocycles. The number of benzene rings is 2. The van der Waals surface area contributed by atoms with Gasteiger partial charge in [0, 0.05) is 42.5 Å². The molecule has 0 bridgehead atoms. The van der Waals surface area contributed by atoms with Crippen LogP contribution in [0.5, 0.6) is 5.75 Å². The molecule has 8 heteroatoms. The summed E-state index contributed by atoms with van der Waals surface area (Å²) in [5.74, 6) is 1.20. The van der Waals surface area contributed by atoms with E-state index in [9.17, 15) is 9.90 Å². The normalized spacial score (nSPS) is 19.1. The van der Waals surface area contributed by atoms with Crippen LogP contribution in [0.15, 0.2) is 36.5 Å². The molecule has 3 heterocycles. The van der Waals surface area contributed by atoms with Gasteiger partial charge in [0.1, 0.15) is 11.6 Å². The molecule has 5 rings (SSSR count). The molecule has 36 heavy (non-hydrogen) atoms. The third-order valence-corrected chi connectivity index (χ3v) is 7.31. The second-order valence-corrected chi connectivity index (χ2v) is 10.4. The highest BCUT2D eigenvalue weighted by molar-refractivity contribution is 5.78. The number of carboxylic acid groups (broad SMARTS) is 1. The van der Waals surface area contributed by atoms with Crippen LogP contribution < -0.4 is 15.0 Å². The molecule has 0 radical (unpaired) electrons. The molecule has 2 N–H and O–H groups in total. The minimum atomic E-state index is -0.808. The molecule has 1 atom stereocenters. The van der Waals surface area contributed by atoms with E-state index < -0.39 is 11.4 Å². The topological polar surface area (TPSA) is 90.8 Å². The van der Waals surface area contributed by atoms with Crippen molar-refractivity contribution in [2.75, 3.05) is 37.5 Å². The number of aliphatic carboxylic acids is 1. The predicted octanol–water partition coefficient (Wildman–Crippen LogP) is 4.72. The van der Waals surface area contributed by atoms with Gasteiger partial charge < -0.3 is 25.0 Å². The Morgan fingerprint density at radius 1 is 1.22 bits per heavy atom. The monoisotopic (exact) mass is 487 g/mol. The summed E-state index contributed by atoms with van der Waals surface area (Å²) in [4.78, 5) is 25.6. The zero-order valence-corrected chi connectivity index (χ0v) is 21.6. The average Bonchev–Trinajstić information content (AvgIpc) is 3.10. The molecule has 1 unspecified atom stereocenters. The number of ether oxygens (including phenoxy) is 1. The molecule has 2 aromatic carbocycles. The first-order valence-electron chi connectivity index (χ1n) is 12.3. The summed E-state index contributed by atoms with van der Waals surface area (Å²) in [6, 6.07) is 10.4. The molecule has 0 spiro atoms. The predicted molar refractivity (Wildman–Crippen MR) is 141 cm³/mol. The molecule has 0 saturated heterocycles. The van der Waals surface area contributed by atoms with Crippen molar-refractivity contribution in [1.82, 2.24) is 14.9 Å². The van der Waals surface area contributed by atoms with Crippen molar-refractivity contribution >= 4 is 29.1 Å². The first-order valence-corrected chi connectivity index (χ1v) is 12.3. The number of anilines is 4. The van der Waals surface area contributed by atoms with Crippen LogP contribution in [0.2, 0.25) is 0 Å². The van der Waals surface area contributed by atoms with Crippen LogP contribution in [-0.4, -0.2) is 53.2 Å². The smallest absolute Gasteiger partial charge is 0.304 e. The van der Waals surface area contributed by atoms with Crippen molar-refractivity contribution in [2.24, 2.45) is 0 Å². The fourth-order valence-corrected chi connectivity index (χ4v) is 5.45. The van der Waals surface area contributed by atoms with Crippen LogP contribution in [0.1, 0.15) is 41.2 Å². The van der Waals surface area contributed by atoms with Gasteiger partial charge in [-0.05, 0) is 67.8 Å². The summed E-state index contributed by atoms with van der Waals surface area (Å²) < 4.78 is 5.69. The molecular weight excluding hydrogens is 454 g/mol. The number of nitrogens with zero attached hydrogens (tertiary/aromatic N) is 4. The maximum atomic E-state index is 11.7. The number of hydrogen-bond donors (Lipinski definition) is 2. The van der Waals surface area contributed by atoms with Crippen LogP contribution in [-0.2, 0) is 23.2 Å². The Morgan fingerprint density at radius 2 is 2.03 bits per heavy atom. The lowest BCUT2D eigenvalue weighted by molar-refractivity contribution is -0.138. The lowest BCUT2D eigenvalue weighted by Crippen LogP contribution is -2.31. The highest BCUT2D eigenvalue weighted by Gasteiger charge is 2.42. The minimum Gasteiger partial charge on any atom is -0.495 e. The number of nitrogens with one attached hydrogen (secondary N) is 1. The highest BCUT2D eigenvalue weighted by Crippen LogP contribution is 2.47. The number of rotatable bonds is 6. The molecule has 8 nitrogen and oxygen atoms in total. The Kier molecular flexibility index (Phi) is 6.08. The molecule has 2 aliphatic heterocycles. The minimum absolute atomic E-state index is 0.0512. The molecule has 0 aliphatic carbocycles. The van der Waals surface area contributed by atoms with Gasteiger partial charge in [0.2, 0.25) is 5.95 Å². The first-order chi connectivity index (χ1) is 17.2. The van der Waals surface area contributed by atoms with Gasteiger partial charge >= 0.3 is 5.97 Å². The molecule has 2 aliphatic rings. The Labute approximate surface area is 211 Å². The van der Waals surface area contributed by atoms with Crippen molar-refractivity contribution in [3.63, 3.8) is 0 Å². The third-order valence-electron chi connectivity index (χ3n) is 7.31. The van der Waals surface area contributed by atoms with E-state index in [1.54, 1.807) is 7.11 Å². The van der Waals surface area contributed by atoms with Crippen molar-refractivity contribution < 1.29 is 14.6 Å². The van der Waals surface area contributed by atoms with Crippen LogP contribution in [0.4, 0.5) is 23.1 Å². The Morgan fingerprint density at radius 3 is 2.78 bits per heavy atom. The number of fused-ring (bicyclic) bond motifs is 2. The molecule has 0 fully saturated rings. The number of carbonyl (C=O) groups is 1. The van der Waals surface area contributed by atoms with Crippen molar-refractivity contribution in [2.45, 2.75) is 45.6 Å². The zero-order valence-electron chi connectivity index (χ0n) is 21.6. The van der Waals surface area contributed by atoms with E-state index >= 15 is 0 Å². The van der Waals surface area contributed by atoms with Gasteiger partial charge in [0.15, 0.2) is 0 Å². The molecule has 0 amide bonds. The highest BCUT2D eigenvalue weighted by atomic mass is 16.5. The number of hydrogen-bond acceptors (Lipinski definition) is 7. The van der Waals surface area contributed by atoms with E-state index in [1.807, 2.05) is 33.0 Å². The van der Waals surface area contributed by atoms with E-state index in [4.69, 9.17) is 9.72 Å². The van der Waals surface area contributed by atoms with E-state index in [-0.39, 0.29) is 6.42 Å². The number of likely N-dealkylation sites (N-methyl/N-ethyl adjacent to an activating group) is 1. The number of aryl methyl sites for hydroxylation is 2. The van der Waals surface area contributed by atoms with Gasteiger partial charge in [-0.2, -0.15) is 4.98 Å². The summed E-state index contributed by atoms with van der Waals surface area (Å²) >= 11 is 0. The van der Waals surface area contributed by atoms with Gasteiger partial charge in [0.05, 0.1) is 19.2 Å². The molecule has 3 aromatic rings. The zero-order chi connectivity index (χ0) is 25.6. The van der Waals surface area contributed by atoms with Crippen LogP contribution in [0.3, 0.4) is 0 Å². The van der Waals surface area contributed by atoms with Gasteiger partial charge in [-0.15, -0.1) is 0 Å². The van der Waals surface area contributed by atoms with E-state index in [1.165, 1.54) is 11.1 Å². The lowest BCUT2D eigenvalue weighted by atomic mass is 9.81. The maximum Gasteiger partial charge on any atom is 0.304 e. The summed E-state index contributed by atoms with van der Waals surface area (Å²) in [6.07, 6.45) is 2.86. The Hall–Kier alpha value is -3.65. The van der Waals surface area contributed by atoms with E-state index in [2.05, 4.69) is 51.4 Å². The largest absolute Gasteiger partial charge is 0.495 e. The fraction of sp³-hybridized carbons (Fsp3) is 0.393. The van der Waals surface area contributed by atoms with Crippen LogP contribution >= 0.6 is 0 Å². The van der Waals surface area contributed by atoms with Gasteiger partial charge in [-0.3, -0.25) is 4.79 Å². The second kappa shape index (κ2) is 9.09. The SMILES string of the molecule is COc1cc2c(cc1Nc1ncc(C)c(N3CC(C)(CC(=O)O)c4ccc(C)cc43)n1)CN(C)CC2. The summed E-state index contributed by atoms with van der Waals surface area (Å²) in [5.41, 5.74) is 6.96. The standard InChI is InChI=1S/C28H33N5O3/c1-17-6-7-21-23(10-17)33(16-28(21,3)13-25(34)35)26-18(2)14-29-27(31-26)30-22-11-20-15-32(4)9-8-19(20)12-24(22)36-5/h6-7,10-12,14H,8-9,13,15-16H2,1-5H3,(H,34,35)(H,29,30,31). The molecular formula is C28H33N5O3. The van der Waals surface area contributed by atoms with Crippen molar-refractivity contribution in [3.8, 4) is 5.75 Å². The number of aromatic nitrogens is 2. The second-order valence-electron chi connectivity index (χ2n) is 10.4. The van der Waals surface area contributed by atoms with Crippen LogP contribution in [0.25, 0.3) is 0 Å². The summed E-state index contributed by atoms with van der Waals surface area (Å²) in [7, 11) is 3.80. The van der Waals surface area contributed by atoms with E-state index in [0.29, 0.717) is 12.5 Å². The molecule has 0 saturated carbocycles. The number of carboxylic acids is 1. The fourth-order valence-electron chi connectivity index (χ4n) is 5.45. The number of methoxy groups -OCH3 is 1.